The molecule has 0 aliphatic heterocycles. The summed E-state index contributed by atoms with van der Waals surface area (Å²) >= 11 is 5.84. The first kappa shape index (κ1) is 18.0. The molecule has 25 heavy (non-hydrogen) atoms. The number of benzene rings is 2. The van der Waals surface area contributed by atoms with Crippen LogP contribution in [-0.4, -0.2) is 20.6 Å². The number of phenols is 1. The summed E-state index contributed by atoms with van der Waals surface area (Å²) in [6.07, 6.45) is 1.55. The van der Waals surface area contributed by atoms with Gasteiger partial charge in [-0.3, -0.25) is 0 Å². The van der Waals surface area contributed by atoms with Crippen molar-refractivity contribution in [3.63, 3.8) is 0 Å². The van der Waals surface area contributed by atoms with E-state index in [1.54, 1.807) is 7.11 Å². The van der Waals surface area contributed by atoms with Crippen molar-refractivity contribution in [3.8, 4) is 11.5 Å². The summed E-state index contributed by atoms with van der Waals surface area (Å²) in [7, 11) is -2.30. The minimum absolute atomic E-state index is 0.00465. The minimum atomic E-state index is -3.91. The molecule has 0 amide bonds. The molecule has 0 saturated heterocycles. The van der Waals surface area contributed by atoms with Gasteiger partial charge in [-0.1, -0.05) is 30.7 Å². The number of para-hydroxylation sites is 1. The molecule has 0 aromatic heterocycles. The van der Waals surface area contributed by atoms with Crippen LogP contribution in [0.5, 0.6) is 11.5 Å². The first-order valence-electron chi connectivity index (χ1n) is 7.98. The molecule has 134 valence electrons. The van der Waals surface area contributed by atoms with E-state index in [2.05, 4.69) is 11.6 Å². The van der Waals surface area contributed by atoms with Crippen LogP contribution in [-0.2, 0) is 16.4 Å². The molecule has 1 aliphatic rings. The normalized spacial score (nSPS) is 20.1. The molecule has 0 fully saturated rings. The number of rotatable bonds is 4. The average molecular weight is 382 g/mol. The number of hydrogen-bond donors (Lipinski definition) is 2. The van der Waals surface area contributed by atoms with Crippen molar-refractivity contribution in [1.82, 2.24) is 4.72 Å². The van der Waals surface area contributed by atoms with Gasteiger partial charge in [-0.25, -0.2) is 13.1 Å². The van der Waals surface area contributed by atoms with E-state index >= 15 is 0 Å². The Kier molecular flexibility index (Phi) is 4.95. The highest BCUT2D eigenvalue weighted by Gasteiger charge is 2.30. The number of halogens is 1. The lowest BCUT2D eigenvalue weighted by molar-refractivity contribution is 0.399. The second-order valence-corrected chi connectivity index (χ2v) is 8.46. The van der Waals surface area contributed by atoms with Crippen molar-refractivity contribution in [2.75, 3.05) is 7.11 Å². The Morgan fingerprint density at radius 2 is 2.04 bits per heavy atom. The third-order valence-corrected chi connectivity index (χ3v) is 6.28. The zero-order chi connectivity index (χ0) is 18.2. The Balaban J connectivity index is 1.97. The van der Waals surface area contributed by atoms with Gasteiger partial charge in [0.05, 0.1) is 12.1 Å². The highest BCUT2D eigenvalue weighted by molar-refractivity contribution is 7.89. The van der Waals surface area contributed by atoms with E-state index in [1.807, 2.05) is 18.2 Å². The van der Waals surface area contributed by atoms with Crippen LogP contribution in [0.3, 0.4) is 0 Å². The van der Waals surface area contributed by atoms with Crippen molar-refractivity contribution < 1.29 is 18.3 Å². The molecule has 1 aliphatic carbocycles. The van der Waals surface area contributed by atoms with Gasteiger partial charge in [0.15, 0.2) is 5.75 Å². The zero-order valence-corrected chi connectivity index (χ0v) is 15.6. The summed E-state index contributed by atoms with van der Waals surface area (Å²) in [5, 5.41) is 10.0. The topological polar surface area (TPSA) is 75.6 Å². The van der Waals surface area contributed by atoms with Crippen molar-refractivity contribution in [2.45, 2.75) is 30.7 Å². The van der Waals surface area contributed by atoms with Gasteiger partial charge in [0.25, 0.3) is 0 Å². The summed E-state index contributed by atoms with van der Waals surface area (Å²) in [5.41, 5.74) is 2.00. The molecule has 3 rings (SSSR count). The maximum Gasteiger partial charge on any atom is 0.244 e. The van der Waals surface area contributed by atoms with Gasteiger partial charge in [-0.15, -0.1) is 0 Å². The van der Waals surface area contributed by atoms with Crippen molar-refractivity contribution in [1.29, 1.82) is 0 Å². The van der Waals surface area contributed by atoms with Crippen LogP contribution in [0, 0.1) is 5.92 Å². The number of ether oxygens (including phenoxy) is 1. The monoisotopic (exact) mass is 381 g/mol. The summed E-state index contributed by atoms with van der Waals surface area (Å²) in [5.74, 6) is 0.637. The van der Waals surface area contributed by atoms with E-state index in [9.17, 15) is 13.5 Å². The molecule has 2 unspecified atom stereocenters. The average Bonchev–Trinajstić information content (AvgIpc) is 2.56. The molecule has 0 saturated carbocycles. The van der Waals surface area contributed by atoms with E-state index < -0.39 is 15.8 Å². The lowest BCUT2D eigenvalue weighted by Crippen LogP contribution is -2.33. The molecule has 2 aromatic rings. The van der Waals surface area contributed by atoms with Gasteiger partial charge in [0.2, 0.25) is 10.0 Å². The summed E-state index contributed by atoms with van der Waals surface area (Å²) in [6.45, 7) is 2.08. The van der Waals surface area contributed by atoms with Crippen molar-refractivity contribution >= 4 is 21.6 Å². The molecular weight excluding hydrogens is 362 g/mol. The molecule has 2 N–H and O–H groups in total. The molecule has 7 heteroatoms. The molecule has 0 bridgehead atoms. The zero-order valence-electron chi connectivity index (χ0n) is 14.0. The molecular formula is C18H20ClNO4S. The SMILES string of the molecule is COc1ccc2c(c1)CC(C)CC2NS(=O)(=O)c1cccc(Cl)c1O. The fourth-order valence-electron chi connectivity index (χ4n) is 3.29. The molecule has 5 nitrogen and oxygen atoms in total. The second kappa shape index (κ2) is 6.86. The quantitative estimate of drug-likeness (QED) is 0.847. The minimum Gasteiger partial charge on any atom is -0.505 e. The number of phenolic OH excluding ortho intramolecular Hbond substituents is 1. The van der Waals surface area contributed by atoms with Crippen LogP contribution in [0.25, 0.3) is 0 Å². The van der Waals surface area contributed by atoms with E-state index in [-0.39, 0.29) is 16.0 Å². The number of nitrogens with one attached hydrogen (secondary N) is 1. The maximum atomic E-state index is 12.8. The van der Waals surface area contributed by atoms with Gasteiger partial charge < -0.3 is 9.84 Å². The van der Waals surface area contributed by atoms with Crippen LogP contribution < -0.4 is 9.46 Å². The van der Waals surface area contributed by atoms with E-state index in [0.29, 0.717) is 12.3 Å². The first-order valence-corrected chi connectivity index (χ1v) is 9.84. The number of fused-ring (bicyclic) bond motifs is 1. The lowest BCUT2D eigenvalue weighted by atomic mass is 9.82. The Hall–Kier alpha value is -1.76. The van der Waals surface area contributed by atoms with Crippen LogP contribution in [0.15, 0.2) is 41.3 Å². The van der Waals surface area contributed by atoms with E-state index in [4.69, 9.17) is 16.3 Å². The smallest absolute Gasteiger partial charge is 0.244 e. The highest BCUT2D eigenvalue weighted by atomic mass is 35.5. The van der Waals surface area contributed by atoms with Crippen molar-refractivity contribution in [3.05, 3.63) is 52.5 Å². The third-order valence-electron chi connectivity index (χ3n) is 4.47. The van der Waals surface area contributed by atoms with Gasteiger partial charge in [0, 0.05) is 6.04 Å². The second-order valence-electron chi connectivity index (χ2n) is 6.37. The van der Waals surface area contributed by atoms with Crippen molar-refractivity contribution in [2.24, 2.45) is 5.92 Å². The molecule has 0 radical (unpaired) electrons. The Labute approximate surface area is 152 Å². The van der Waals surface area contributed by atoms with Gasteiger partial charge in [0.1, 0.15) is 10.6 Å². The Morgan fingerprint density at radius 3 is 2.76 bits per heavy atom. The molecule has 0 heterocycles. The molecule has 2 atom stereocenters. The standard InChI is InChI=1S/C18H20ClNO4S/c1-11-8-12-10-13(24-2)6-7-14(12)16(9-11)20-25(22,23)17-5-3-4-15(19)18(17)21/h3-7,10-11,16,20-21H,8-9H2,1-2H3. The van der Waals surface area contributed by atoms with Gasteiger partial charge >= 0.3 is 0 Å². The molecule has 0 spiro atoms. The predicted molar refractivity (Wildman–Crippen MR) is 96.7 cm³/mol. The lowest BCUT2D eigenvalue weighted by Gasteiger charge is -2.30. The van der Waals surface area contributed by atoms with Gasteiger partial charge in [-0.05, 0) is 54.2 Å². The largest absolute Gasteiger partial charge is 0.505 e. The van der Waals surface area contributed by atoms with Crippen LogP contribution in [0.1, 0.15) is 30.5 Å². The van der Waals surface area contributed by atoms with Crippen LogP contribution in [0.4, 0.5) is 0 Å². The molecule has 2 aromatic carbocycles. The summed E-state index contributed by atoms with van der Waals surface area (Å²) in [6, 6.07) is 9.58. The first-order chi connectivity index (χ1) is 11.8. The Morgan fingerprint density at radius 1 is 1.28 bits per heavy atom. The fraction of sp³-hybridized carbons (Fsp3) is 0.333. The Bertz CT molecular complexity index is 898. The summed E-state index contributed by atoms with van der Waals surface area (Å²) < 4.78 is 33.5. The van der Waals surface area contributed by atoms with Crippen LogP contribution >= 0.6 is 11.6 Å². The number of sulfonamides is 1. The number of aromatic hydroxyl groups is 1. The maximum absolute atomic E-state index is 12.8. The van der Waals surface area contributed by atoms with E-state index in [0.717, 1.165) is 23.3 Å². The predicted octanol–water partition coefficient (Wildman–Crippen LogP) is 3.66. The van der Waals surface area contributed by atoms with Crippen LogP contribution in [0.2, 0.25) is 5.02 Å². The van der Waals surface area contributed by atoms with E-state index in [1.165, 1.54) is 18.2 Å². The summed E-state index contributed by atoms with van der Waals surface area (Å²) in [4.78, 5) is -0.215. The number of methoxy groups -OCH3 is 1. The van der Waals surface area contributed by atoms with Gasteiger partial charge in [-0.2, -0.15) is 0 Å². The highest BCUT2D eigenvalue weighted by Crippen LogP contribution is 2.37. The third kappa shape index (κ3) is 3.61. The fourth-order valence-corrected chi connectivity index (χ4v) is 4.87. The number of hydrogen-bond acceptors (Lipinski definition) is 4.